The lowest BCUT2D eigenvalue weighted by molar-refractivity contribution is 0.101. The van der Waals surface area contributed by atoms with Crippen LogP contribution in [0.25, 0.3) is 0 Å². The Labute approximate surface area is 163 Å². The minimum atomic E-state index is -0.282. The number of ether oxygens (including phenoxy) is 1. The van der Waals surface area contributed by atoms with Crippen molar-refractivity contribution in [2.75, 3.05) is 17.2 Å². The second kappa shape index (κ2) is 8.81. The van der Waals surface area contributed by atoms with Gasteiger partial charge in [-0.05, 0) is 56.3 Å². The molecule has 0 aliphatic heterocycles. The Balaban J connectivity index is 1.74. The highest BCUT2D eigenvalue weighted by molar-refractivity contribution is 6.05. The summed E-state index contributed by atoms with van der Waals surface area (Å²) in [4.78, 5) is 28.1. The second-order valence-corrected chi connectivity index (χ2v) is 6.10. The topological polar surface area (TPSA) is 80.3 Å². The number of rotatable bonds is 7. The van der Waals surface area contributed by atoms with Crippen LogP contribution in [0.5, 0.6) is 5.75 Å². The first kappa shape index (κ1) is 19.1. The fraction of sp³-hybridized carbons (Fsp3) is 0.136. The lowest BCUT2D eigenvalue weighted by Crippen LogP contribution is -2.13. The Hall–Kier alpha value is -3.67. The summed E-state index contributed by atoms with van der Waals surface area (Å²) in [5.74, 6) is 0.348. The van der Waals surface area contributed by atoms with E-state index in [-0.39, 0.29) is 11.7 Å². The number of carbonyl (C=O) groups is 2. The first-order chi connectivity index (χ1) is 13.6. The number of Topliss-reactive ketones (excluding diaryl/α,β-unsaturated/α-hetero) is 1. The highest BCUT2D eigenvalue weighted by atomic mass is 16.5. The largest absolute Gasteiger partial charge is 0.492 e. The monoisotopic (exact) mass is 375 g/mol. The molecule has 6 heteroatoms. The van der Waals surface area contributed by atoms with Gasteiger partial charge in [0.1, 0.15) is 5.75 Å². The number of aromatic nitrogens is 1. The molecule has 1 aromatic heterocycles. The number of anilines is 3. The molecule has 142 valence electrons. The van der Waals surface area contributed by atoms with Crippen LogP contribution >= 0.6 is 0 Å². The van der Waals surface area contributed by atoms with E-state index >= 15 is 0 Å². The molecule has 1 heterocycles. The Kier molecular flexibility index (Phi) is 6.01. The van der Waals surface area contributed by atoms with E-state index in [9.17, 15) is 9.59 Å². The molecule has 0 fully saturated rings. The van der Waals surface area contributed by atoms with Crippen molar-refractivity contribution < 1.29 is 14.3 Å². The van der Waals surface area contributed by atoms with Crippen LogP contribution in [0.2, 0.25) is 0 Å². The number of para-hydroxylation sites is 2. The molecule has 0 atom stereocenters. The molecule has 2 aromatic carbocycles. The van der Waals surface area contributed by atoms with Crippen LogP contribution in [0.1, 0.15) is 34.6 Å². The van der Waals surface area contributed by atoms with Crippen LogP contribution < -0.4 is 15.4 Å². The first-order valence-electron chi connectivity index (χ1n) is 8.93. The molecule has 6 nitrogen and oxygen atoms in total. The van der Waals surface area contributed by atoms with Crippen LogP contribution in [0.3, 0.4) is 0 Å². The van der Waals surface area contributed by atoms with Crippen LogP contribution in [0, 0.1) is 0 Å². The third-order valence-corrected chi connectivity index (χ3v) is 4.02. The molecule has 0 saturated carbocycles. The predicted octanol–water partition coefficient (Wildman–Crippen LogP) is 4.68. The van der Waals surface area contributed by atoms with Crippen molar-refractivity contribution in [3.05, 3.63) is 78.1 Å². The molecule has 0 aliphatic carbocycles. The Morgan fingerprint density at radius 2 is 1.71 bits per heavy atom. The molecule has 0 saturated heterocycles. The van der Waals surface area contributed by atoms with Gasteiger partial charge in [0.25, 0.3) is 5.91 Å². The third kappa shape index (κ3) is 4.73. The van der Waals surface area contributed by atoms with Gasteiger partial charge in [0, 0.05) is 17.4 Å². The van der Waals surface area contributed by atoms with Gasteiger partial charge in [0.15, 0.2) is 5.78 Å². The van der Waals surface area contributed by atoms with Gasteiger partial charge in [0.05, 0.1) is 29.7 Å². The van der Waals surface area contributed by atoms with Gasteiger partial charge in [-0.2, -0.15) is 0 Å². The van der Waals surface area contributed by atoms with E-state index in [1.807, 2.05) is 31.2 Å². The van der Waals surface area contributed by atoms with Crippen LogP contribution in [0.4, 0.5) is 17.1 Å². The highest BCUT2D eigenvalue weighted by Crippen LogP contribution is 2.25. The van der Waals surface area contributed by atoms with Gasteiger partial charge in [-0.1, -0.05) is 12.1 Å². The van der Waals surface area contributed by atoms with Crippen LogP contribution in [0.15, 0.2) is 67.0 Å². The summed E-state index contributed by atoms with van der Waals surface area (Å²) in [7, 11) is 0. The van der Waals surface area contributed by atoms with E-state index in [1.165, 1.54) is 13.1 Å². The van der Waals surface area contributed by atoms with Crippen LogP contribution in [-0.4, -0.2) is 23.3 Å². The van der Waals surface area contributed by atoms with Gasteiger partial charge in [-0.25, -0.2) is 0 Å². The van der Waals surface area contributed by atoms with Crippen molar-refractivity contribution in [2.45, 2.75) is 13.8 Å². The molecule has 0 unspecified atom stereocenters. The van der Waals surface area contributed by atoms with Crippen molar-refractivity contribution in [2.24, 2.45) is 0 Å². The van der Waals surface area contributed by atoms with Gasteiger partial charge in [0.2, 0.25) is 0 Å². The molecule has 0 aliphatic rings. The van der Waals surface area contributed by atoms with E-state index in [4.69, 9.17) is 4.74 Å². The Bertz CT molecular complexity index is 984. The van der Waals surface area contributed by atoms with Gasteiger partial charge in [-0.15, -0.1) is 0 Å². The van der Waals surface area contributed by atoms with Crippen molar-refractivity contribution in [3.8, 4) is 5.75 Å². The van der Waals surface area contributed by atoms with E-state index in [0.717, 1.165) is 5.69 Å². The minimum absolute atomic E-state index is 0.0132. The highest BCUT2D eigenvalue weighted by Gasteiger charge is 2.11. The molecule has 0 spiro atoms. The number of amides is 1. The van der Waals surface area contributed by atoms with E-state index < -0.39 is 0 Å². The third-order valence-electron chi connectivity index (χ3n) is 4.02. The van der Waals surface area contributed by atoms with Gasteiger partial charge < -0.3 is 15.4 Å². The zero-order valence-electron chi connectivity index (χ0n) is 15.7. The summed E-state index contributed by atoms with van der Waals surface area (Å²) in [5.41, 5.74) is 3.13. The average molecular weight is 375 g/mol. The van der Waals surface area contributed by atoms with Crippen LogP contribution in [-0.2, 0) is 0 Å². The summed E-state index contributed by atoms with van der Waals surface area (Å²) in [6.45, 7) is 3.93. The SMILES string of the molecule is CCOc1ccccc1NC(=O)c1cncc(Nc2ccc(C(C)=O)cc2)c1. The van der Waals surface area contributed by atoms with E-state index in [2.05, 4.69) is 15.6 Å². The van der Waals surface area contributed by atoms with E-state index in [0.29, 0.717) is 34.9 Å². The average Bonchev–Trinajstić information content (AvgIpc) is 2.70. The molecule has 28 heavy (non-hydrogen) atoms. The number of ketones is 1. The fourth-order valence-electron chi connectivity index (χ4n) is 2.63. The maximum absolute atomic E-state index is 12.6. The molecular formula is C22H21N3O3. The maximum atomic E-state index is 12.6. The number of hydrogen-bond acceptors (Lipinski definition) is 5. The van der Waals surface area contributed by atoms with Crippen molar-refractivity contribution >= 4 is 28.8 Å². The number of nitrogens with one attached hydrogen (secondary N) is 2. The number of hydrogen-bond donors (Lipinski definition) is 2. The summed E-state index contributed by atoms with van der Waals surface area (Å²) >= 11 is 0. The standard InChI is InChI=1S/C22H21N3O3/c1-3-28-21-7-5-4-6-20(21)25-22(27)17-12-19(14-23-13-17)24-18-10-8-16(9-11-18)15(2)26/h4-14,24H,3H2,1-2H3,(H,25,27). The second-order valence-electron chi connectivity index (χ2n) is 6.10. The number of pyridine rings is 1. The summed E-state index contributed by atoms with van der Waals surface area (Å²) < 4.78 is 5.54. The lowest BCUT2D eigenvalue weighted by atomic mass is 10.1. The number of benzene rings is 2. The van der Waals surface area contributed by atoms with E-state index in [1.54, 1.807) is 36.5 Å². The Morgan fingerprint density at radius 3 is 2.43 bits per heavy atom. The number of nitrogens with zero attached hydrogens (tertiary/aromatic N) is 1. The van der Waals surface area contributed by atoms with Gasteiger partial charge in [-0.3, -0.25) is 14.6 Å². The van der Waals surface area contributed by atoms with Gasteiger partial charge >= 0.3 is 0 Å². The first-order valence-corrected chi connectivity index (χ1v) is 8.93. The van der Waals surface area contributed by atoms with Crippen molar-refractivity contribution in [1.82, 2.24) is 4.98 Å². The molecule has 0 radical (unpaired) electrons. The molecule has 2 N–H and O–H groups in total. The zero-order chi connectivity index (χ0) is 19.9. The smallest absolute Gasteiger partial charge is 0.257 e. The Morgan fingerprint density at radius 1 is 0.964 bits per heavy atom. The van der Waals surface area contributed by atoms with Crippen molar-refractivity contribution in [1.29, 1.82) is 0 Å². The minimum Gasteiger partial charge on any atom is -0.492 e. The molecule has 0 bridgehead atoms. The maximum Gasteiger partial charge on any atom is 0.257 e. The summed E-state index contributed by atoms with van der Waals surface area (Å²) in [6.07, 6.45) is 3.13. The molecule has 3 aromatic rings. The fourth-order valence-corrected chi connectivity index (χ4v) is 2.63. The quantitative estimate of drug-likeness (QED) is 0.586. The lowest BCUT2D eigenvalue weighted by Gasteiger charge is -2.12. The zero-order valence-corrected chi connectivity index (χ0v) is 15.7. The molecule has 3 rings (SSSR count). The normalized spacial score (nSPS) is 10.2. The summed E-state index contributed by atoms with van der Waals surface area (Å²) in [6, 6.07) is 16.1. The van der Waals surface area contributed by atoms with Crippen molar-refractivity contribution in [3.63, 3.8) is 0 Å². The predicted molar refractivity (Wildman–Crippen MR) is 110 cm³/mol. The summed E-state index contributed by atoms with van der Waals surface area (Å²) in [5, 5.41) is 6.04. The molecular weight excluding hydrogens is 354 g/mol. The number of carbonyl (C=O) groups excluding carboxylic acids is 2. The molecule has 1 amide bonds.